The zero-order chi connectivity index (χ0) is 21.3. The van der Waals surface area contributed by atoms with Gasteiger partial charge in [-0.15, -0.1) is 0 Å². The van der Waals surface area contributed by atoms with Crippen LogP contribution in [0.1, 0.15) is 38.6 Å². The summed E-state index contributed by atoms with van der Waals surface area (Å²) >= 11 is 0. The highest BCUT2D eigenvalue weighted by Crippen LogP contribution is 2.29. The summed E-state index contributed by atoms with van der Waals surface area (Å²) in [7, 11) is 1.60. The molecule has 6 heteroatoms. The van der Waals surface area contributed by atoms with Crippen molar-refractivity contribution >= 4 is 16.9 Å². The van der Waals surface area contributed by atoms with Crippen LogP contribution in [-0.2, 0) is 13.1 Å². The maximum absolute atomic E-state index is 13.0. The summed E-state index contributed by atoms with van der Waals surface area (Å²) in [4.78, 5) is 13.0. The first-order valence-corrected chi connectivity index (χ1v) is 9.90. The molecule has 0 unspecified atom stereocenters. The molecule has 1 amide bonds. The number of methoxy groups -OCH3 is 1. The number of carbonyl (C=O) groups excluding carboxylic acids is 1. The summed E-state index contributed by atoms with van der Waals surface area (Å²) in [6.45, 7) is 6.91. The summed E-state index contributed by atoms with van der Waals surface area (Å²) in [6.07, 6.45) is 0. The monoisotopic (exact) mass is 403 g/mol. The topological polar surface area (TPSA) is 69.3 Å². The smallest absolute Gasteiger partial charge is 0.255 e. The Kier molecular flexibility index (Phi) is 5.31. The Morgan fingerprint density at radius 2 is 1.90 bits per heavy atom. The van der Waals surface area contributed by atoms with Crippen molar-refractivity contribution in [3.8, 4) is 5.75 Å². The van der Waals surface area contributed by atoms with Gasteiger partial charge in [0.2, 0.25) is 0 Å². The molecule has 2 aromatic heterocycles. The minimum absolute atomic E-state index is 0.172. The van der Waals surface area contributed by atoms with E-state index >= 15 is 0 Å². The van der Waals surface area contributed by atoms with Crippen LogP contribution in [0.5, 0.6) is 5.75 Å². The van der Waals surface area contributed by atoms with Crippen LogP contribution in [0, 0.1) is 20.8 Å². The molecule has 154 valence electrons. The van der Waals surface area contributed by atoms with E-state index in [4.69, 9.17) is 9.15 Å². The van der Waals surface area contributed by atoms with E-state index in [9.17, 15) is 4.79 Å². The first-order valence-electron chi connectivity index (χ1n) is 9.90. The van der Waals surface area contributed by atoms with Crippen molar-refractivity contribution in [1.29, 1.82) is 0 Å². The average molecular weight is 403 g/mol. The molecular weight excluding hydrogens is 378 g/mol. The number of hydrogen-bond donors (Lipinski definition) is 1. The van der Waals surface area contributed by atoms with Crippen LogP contribution in [0.4, 0.5) is 0 Å². The first kappa shape index (κ1) is 19.8. The van der Waals surface area contributed by atoms with Gasteiger partial charge in [-0.25, -0.2) is 0 Å². The second-order valence-corrected chi connectivity index (χ2v) is 7.37. The van der Waals surface area contributed by atoms with Crippen LogP contribution >= 0.6 is 0 Å². The van der Waals surface area contributed by atoms with E-state index in [1.807, 2.05) is 54.9 Å². The van der Waals surface area contributed by atoms with Crippen LogP contribution < -0.4 is 10.1 Å². The highest BCUT2D eigenvalue weighted by molar-refractivity contribution is 6.07. The van der Waals surface area contributed by atoms with Crippen molar-refractivity contribution in [2.24, 2.45) is 0 Å². The fourth-order valence-corrected chi connectivity index (χ4v) is 3.77. The minimum atomic E-state index is -0.172. The van der Waals surface area contributed by atoms with E-state index in [0.717, 1.165) is 22.3 Å². The van der Waals surface area contributed by atoms with Crippen LogP contribution in [0.2, 0.25) is 0 Å². The fourth-order valence-electron chi connectivity index (χ4n) is 3.77. The van der Waals surface area contributed by atoms with Gasteiger partial charge in [-0.3, -0.25) is 9.48 Å². The number of rotatable bonds is 6. The Balaban J connectivity index is 1.55. The van der Waals surface area contributed by atoms with Crippen molar-refractivity contribution in [1.82, 2.24) is 15.1 Å². The zero-order valence-electron chi connectivity index (χ0n) is 17.7. The number of amides is 1. The Morgan fingerprint density at radius 1 is 1.13 bits per heavy atom. The Morgan fingerprint density at radius 3 is 2.63 bits per heavy atom. The van der Waals surface area contributed by atoms with Gasteiger partial charge in [0, 0.05) is 23.2 Å². The lowest BCUT2D eigenvalue weighted by molar-refractivity contribution is 0.0950. The Hall–Kier alpha value is -3.54. The molecule has 0 bridgehead atoms. The Labute approximate surface area is 175 Å². The maximum atomic E-state index is 13.0. The number of nitrogens with one attached hydrogen (secondary N) is 1. The van der Waals surface area contributed by atoms with Gasteiger partial charge in [0.05, 0.1) is 24.9 Å². The molecule has 4 aromatic rings. The van der Waals surface area contributed by atoms with Gasteiger partial charge in [-0.05, 0) is 44.5 Å². The predicted molar refractivity (Wildman–Crippen MR) is 116 cm³/mol. The standard InChI is InChI=1S/C24H25N3O3/c1-15-21(16(2)27(26-15)14-18-8-6-5-7-9-18)13-25-24(28)23-17(3)30-22-11-10-19(29-4)12-20(22)23/h5-12H,13-14H2,1-4H3,(H,25,28). The van der Waals surface area contributed by atoms with Crippen LogP contribution in [0.15, 0.2) is 52.9 Å². The van der Waals surface area contributed by atoms with Gasteiger partial charge in [0.25, 0.3) is 5.91 Å². The third-order valence-electron chi connectivity index (χ3n) is 5.43. The molecule has 2 heterocycles. The molecule has 0 saturated heterocycles. The summed E-state index contributed by atoms with van der Waals surface area (Å²) in [5.41, 5.74) is 5.39. The molecule has 6 nitrogen and oxygen atoms in total. The van der Waals surface area contributed by atoms with Gasteiger partial charge in [-0.1, -0.05) is 30.3 Å². The summed E-state index contributed by atoms with van der Waals surface area (Å²) < 4.78 is 13.0. The normalized spacial score (nSPS) is 11.1. The number of fused-ring (bicyclic) bond motifs is 1. The second-order valence-electron chi connectivity index (χ2n) is 7.37. The number of aryl methyl sites for hydroxylation is 2. The third-order valence-corrected chi connectivity index (χ3v) is 5.43. The molecule has 0 atom stereocenters. The lowest BCUT2D eigenvalue weighted by Gasteiger charge is -2.08. The van der Waals surface area contributed by atoms with Crippen molar-refractivity contribution in [2.75, 3.05) is 7.11 Å². The van der Waals surface area contributed by atoms with Gasteiger partial charge < -0.3 is 14.5 Å². The van der Waals surface area contributed by atoms with Crippen molar-refractivity contribution in [2.45, 2.75) is 33.9 Å². The van der Waals surface area contributed by atoms with Crippen LogP contribution in [-0.4, -0.2) is 22.8 Å². The molecule has 1 N–H and O–H groups in total. The van der Waals surface area contributed by atoms with Crippen LogP contribution in [0.25, 0.3) is 11.0 Å². The molecule has 0 fully saturated rings. The lowest BCUT2D eigenvalue weighted by Crippen LogP contribution is -2.24. The van der Waals surface area contributed by atoms with E-state index in [2.05, 4.69) is 22.5 Å². The predicted octanol–water partition coefficient (Wildman–Crippen LogP) is 4.54. The second kappa shape index (κ2) is 8.06. The summed E-state index contributed by atoms with van der Waals surface area (Å²) in [5.74, 6) is 1.10. The number of benzene rings is 2. The lowest BCUT2D eigenvalue weighted by atomic mass is 10.1. The maximum Gasteiger partial charge on any atom is 0.255 e. The van der Waals surface area contributed by atoms with E-state index in [1.165, 1.54) is 5.56 Å². The van der Waals surface area contributed by atoms with Crippen molar-refractivity contribution in [3.05, 3.63) is 82.4 Å². The van der Waals surface area contributed by atoms with Gasteiger partial charge in [0.1, 0.15) is 17.1 Å². The Bertz CT molecular complexity index is 1210. The molecule has 30 heavy (non-hydrogen) atoms. The number of carbonyl (C=O) groups is 1. The number of aromatic nitrogens is 2. The third kappa shape index (κ3) is 3.68. The van der Waals surface area contributed by atoms with Crippen molar-refractivity contribution < 1.29 is 13.9 Å². The molecule has 0 aliphatic rings. The number of hydrogen-bond acceptors (Lipinski definition) is 4. The highest BCUT2D eigenvalue weighted by Gasteiger charge is 2.20. The number of furan rings is 1. The van der Waals surface area contributed by atoms with Gasteiger partial charge in [-0.2, -0.15) is 5.10 Å². The quantitative estimate of drug-likeness (QED) is 0.513. The molecule has 0 saturated carbocycles. The van der Waals surface area contributed by atoms with Crippen LogP contribution in [0.3, 0.4) is 0 Å². The summed E-state index contributed by atoms with van der Waals surface area (Å²) in [6, 6.07) is 15.7. The molecule has 0 spiro atoms. The number of ether oxygens (including phenoxy) is 1. The molecule has 0 aliphatic carbocycles. The molecular formula is C24H25N3O3. The van der Waals surface area contributed by atoms with E-state index in [-0.39, 0.29) is 5.91 Å². The molecule has 0 aliphatic heterocycles. The van der Waals surface area contributed by atoms with Gasteiger partial charge in [0.15, 0.2) is 0 Å². The largest absolute Gasteiger partial charge is 0.497 e. The zero-order valence-corrected chi connectivity index (χ0v) is 17.7. The summed E-state index contributed by atoms with van der Waals surface area (Å²) in [5, 5.41) is 8.45. The van der Waals surface area contributed by atoms with E-state index in [0.29, 0.717) is 35.7 Å². The van der Waals surface area contributed by atoms with E-state index < -0.39 is 0 Å². The molecule has 0 radical (unpaired) electrons. The van der Waals surface area contributed by atoms with Crippen molar-refractivity contribution in [3.63, 3.8) is 0 Å². The minimum Gasteiger partial charge on any atom is -0.497 e. The van der Waals surface area contributed by atoms with E-state index in [1.54, 1.807) is 14.0 Å². The number of nitrogens with zero attached hydrogens (tertiary/aromatic N) is 2. The molecule has 2 aromatic carbocycles. The average Bonchev–Trinajstić information content (AvgIpc) is 3.21. The first-order chi connectivity index (χ1) is 14.5. The SMILES string of the molecule is COc1ccc2oc(C)c(C(=O)NCc3c(C)nn(Cc4ccccc4)c3C)c2c1. The molecule has 4 rings (SSSR count). The fraction of sp³-hybridized carbons (Fsp3) is 0.250. The highest BCUT2D eigenvalue weighted by atomic mass is 16.5. The van der Waals surface area contributed by atoms with Gasteiger partial charge >= 0.3 is 0 Å².